The van der Waals surface area contributed by atoms with E-state index in [1.807, 2.05) is 25.7 Å². The Morgan fingerprint density at radius 3 is 3.00 bits per heavy atom. The number of amides is 1. The van der Waals surface area contributed by atoms with Crippen molar-refractivity contribution in [2.75, 3.05) is 19.7 Å². The van der Waals surface area contributed by atoms with Gasteiger partial charge in [0.1, 0.15) is 0 Å². The summed E-state index contributed by atoms with van der Waals surface area (Å²) in [5.74, 6) is 0.0746. The molecule has 0 bridgehead atoms. The van der Waals surface area contributed by atoms with Crippen LogP contribution in [0.1, 0.15) is 67.9 Å². The van der Waals surface area contributed by atoms with Crippen molar-refractivity contribution >= 4 is 5.91 Å². The molecule has 1 saturated heterocycles. The summed E-state index contributed by atoms with van der Waals surface area (Å²) in [6, 6.07) is 0. The quantitative estimate of drug-likeness (QED) is 0.923. The molecule has 0 radical (unpaired) electrons. The van der Waals surface area contributed by atoms with Crippen LogP contribution >= 0.6 is 0 Å². The fourth-order valence-corrected chi connectivity index (χ4v) is 4.70. The fraction of sp³-hybridized carbons (Fsp3) is 0.778. The van der Waals surface area contributed by atoms with Gasteiger partial charge in [0.05, 0.1) is 24.0 Å². The maximum Gasteiger partial charge on any atom is 0.274 e. The van der Waals surface area contributed by atoms with Crippen molar-refractivity contribution in [2.45, 2.75) is 64.8 Å². The Labute approximate surface area is 142 Å². The molecule has 1 N–H and O–H groups in total. The van der Waals surface area contributed by atoms with E-state index in [0.717, 1.165) is 56.6 Å². The molecule has 2 aliphatic heterocycles. The molecule has 132 valence electrons. The van der Waals surface area contributed by atoms with E-state index < -0.39 is 0 Å². The van der Waals surface area contributed by atoms with E-state index in [1.165, 1.54) is 0 Å². The summed E-state index contributed by atoms with van der Waals surface area (Å²) in [5, 5.41) is 7.37. The van der Waals surface area contributed by atoms with Crippen molar-refractivity contribution in [1.82, 2.24) is 15.1 Å². The maximum absolute atomic E-state index is 13.0. The molecule has 2 fully saturated rings. The van der Waals surface area contributed by atoms with Gasteiger partial charge in [-0.15, -0.1) is 0 Å². The number of aromatic nitrogens is 2. The van der Waals surface area contributed by atoms with Crippen LogP contribution in [0.5, 0.6) is 0 Å². The maximum atomic E-state index is 13.0. The highest BCUT2D eigenvalue weighted by Gasteiger charge is 2.50. The molecule has 1 aliphatic carbocycles. The molecule has 3 aliphatic rings. The zero-order valence-electron chi connectivity index (χ0n) is 14.8. The van der Waals surface area contributed by atoms with E-state index in [1.54, 1.807) is 0 Å². The molecule has 6 heteroatoms. The molecule has 1 saturated carbocycles. The third-order valence-corrected chi connectivity index (χ3v) is 5.89. The largest absolute Gasteiger partial charge is 0.378 e. The van der Waals surface area contributed by atoms with Crippen molar-refractivity contribution in [2.24, 2.45) is 5.41 Å². The lowest BCUT2D eigenvalue weighted by Crippen LogP contribution is -2.45. The van der Waals surface area contributed by atoms with Gasteiger partial charge in [0.25, 0.3) is 5.91 Å². The molecule has 3 heterocycles. The normalized spacial score (nSPS) is 35.1. The molecular weight excluding hydrogens is 306 g/mol. The van der Waals surface area contributed by atoms with Gasteiger partial charge in [-0.05, 0) is 45.4 Å². The van der Waals surface area contributed by atoms with Crippen molar-refractivity contribution in [1.29, 1.82) is 0 Å². The lowest BCUT2D eigenvalue weighted by molar-refractivity contribution is -0.0708. The van der Waals surface area contributed by atoms with Gasteiger partial charge in [0.15, 0.2) is 5.69 Å². The highest BCUT2D eigenvalue weighted by molar-refractivity contribution is 5.94. The molecular formula is C18H27N3O3. The van der Waals surface area contributed by atoms with Gasteiger partial charge >= 0.3 is 0 Å². The number of nitrogens with one attached hydrogen (secondary N) is 1. The van der Waals surface area contributed by atoms with Crippen LogP contribution in [0.15, 0.2) is 0 Å². The van der Waals surface area contributed by atoms with Crippen LogP contribution < -0.4 is 0 Å². The average molecular weight is 333 g/mol. The second-order valence-electron chi connectivity index (χ2n) is 7.72. The Hall–Kier alpha value is -1.40. The average Bonchev–Trinajstić information content (AvgIpc) is 3.11. The highest BCUT2D eigenvalue weighted by Crippen LogP contribution is 2.49. The van der Waals surface area contributed by atoms with E-state index in [4.69, 9.17) is 9.47 Å². The van der Waals surface area contributed by atoms with Crippen LogP contribution in [0.3, 0.4) is 0 Å². The predicted molar refractivity (Wildman–Crippen MR) is 88.9 cm³/mol. The molecule has 0 unspecified atom stereocenters. The molecule has 1 aromatic rings. The molecule has 2 atom stereocenters. The summed E-state index contributed by atoms with van der Waals surface area (Å²) in [6.07, 6.45) is 4.51. The van der Waals surface area contributed by atoms with Crippen LogP contribution in [0.4, 0.5) is 0 Å². The predicted octanol–water partition coefficient (Wildman–Crippen LogP) is 2.46. The Morgan fingerprint density at radius 2 is 2.25 bits per heavy atom. The van der Waals surface area contributed by atoms with Crippen molar-refractivity contribution in [3.63, 3.8) is 0 Å². The van der Waals surface area contributed by atoms with Crippen LogP contribution in [0.2, 0.25) is 0 Å². The number of carbonyl (C=O) groups is 1. The van der Waals surface area contributed by atoms with E-state index in [-0.39, 0.29) is 23.5 Å². The van der Waals surface area contributed by atoms with Crippen LogP contribution in [0.25, 0.3) is 0 Å². The highest BCUT2D eigenvalue weighted by atomic mass is 16.5. The van der Waals surface area contributed by atoms with E-state index in [2.05, 4.69) is 10.2 Å². The molecule has 24 heavy (non-hydrogen) atoms. The summed E-state index contributed by atoms with van der Waals surface area (Å²) in [7, 11) is 0. The molecule has 1 spiro atoms. The number of ether oxygens (including phenoxy) is 2. The first-order valence-corrected chi connectivity index (χ1v) is 9.15. The van der Waals surface area contributed by atoms with Crippen LogP contribution in [0, 0.1) is 5.41 Å². The van der Waals surface area contributed by atoms with Gasteiger partial charge in [-0.25, -0.2) is 0 Å². The number of hydrogen-bond donors (Lipinski definition) is 1. The number of H-pyrrole nitrogens is 1. The standard InChI is InChI=1S/C18H27N3O3/c1-4-23-13-8-18(9-13)5-6-21(10-18)17(22)16-14-7-11(2)24-12(3)15(14)19-20-16/h11-13H,4-10H2,1-3H3,(H,19,20)/t11-,12+,13?,18?/m0/s1. The first-order valence-electron chi connectivity index (χ1n) is 9.15. The van der Waals surface area contributed by atoms with Crippen LogP contribution in [-0.4, -0.2) is 52.9 Å². The number of carbonyl (C=O) groups excluding carboxylic acids is 1. The Kier molecular flexibility index (Phi) is 3.92. The Morgan fingerprint density at radius 1 is 1.46 bits per heavy atom. The number of likely N-dealkylation sites (tertiary alicyclic amines) is 1. The van der Waals surface area contributed by atoms with Gasteiger partial charge in [-0.3, -0.25) is 9.89 Å². The monoisotopic (exact) mass is 333 g/mol. The van der Waals surface area contributed by atoms with E-state index in [0.29, 0.717) is 11.8 Å². The molecule has 1 aromatic heterocycles. The van der Waals surface area contributed by atoms with Crippen molar-refractivity contribution in [3.05, 3.63) is 17.0 Å². The summed E-state index contributed by atoms with van der Waals surface area (Å²) >= 11 is 0. The molecule has 4 rings (SSSR count). The van der Waals surface area contributed by atoms with Gasteiger partial charge in [0.2, 0.25) is 0 Å². The van der Waals surface area contributed by atoms with Crippen molar-refractivity contribution in [3.8, 4) is 0 Å². The summed E-state index contributed by atoms with van der Waals surface area (Å²) < 4.78 is 11.5. The van der Waals surface area contributed by atoms with Crippen LogP contribution in [-0.2, 0) is 15.9 Å². The van der Waals surface area contributed by atoms with Gasteiger partial charge < -0.3 is 14.4 Å². The summed E-state index contributed by atoms with van der Waals surface area (Å²) in [6.45, 7) is 8.56. The first-order chi connectivity index (χ1) is 11.5. The first kappa shape index (κ1) is 16.1. The Balaban J connectivity index is 1.46. The number of rotatable bonds is 3. The second-order valence-corrected chi connectivity index (χ2v) is 7.72. The summed E-state index contributed by atoms with van der Waals surface area (Å²) in [5.41, 5.74) is 2.90. The molecule has 6 nitrogen and oxygen atoms in total. The minimum Gasteiger partial charge on any atom is -0.378 e. The molecule has 0 aromatic carbocycles. The van der Waals surface area contributed by atoms with E-state index >= 15 is 0 Å². The topological polar surface area (TPSA) is 67.5 Å². The lowest BCUT2D eigenvalue weighted by Gasteiger charge is -2.44. The summed E-state index contributed by atoms with van der Waals surface area (Å²) in [4.78, 5) is 15.0. The van der Waals surface area contributed by atoms with Crippen molar-refractivity contribution < 1.29 is 14.3 Å². The fourth-order valence-electron chi connectivity index (χ4n) is 4.70. The number of aromatic amines is 1. The van der Waals surface area contributed by atoms with Gasteiger partial charge in [-0.2, -0.15) is 5.10 Å². The zero-order chi connectivity index (χ0) is 16.9. The van der Waals surface area contributed by atoms with Gasteiger partial charge in [-0.1, -0.05) is 0 Å². The second kappa shape index (κ2) is 5.85. The number of hydrogen-bond acceptors (Lipinski definition) is 4. The zero-order valence-corrected chi connectivity index (χ0v) is 14.8. The third kappa shape index (κ3) is 2.56. The lowest BCUT2D eigenvalue weighted by atomic mass is 9.66. The number of nitrogens with zero attached hydrogens (tertiary/aromatic N) is 2. The smallest absolute Gasteiger partial charge is 0.274 e. The Bertz CT molecular complexity index is 635. The van der Waals surface area contributed by atoms with Gasteiger partial charge in [0, 0.05) is 31.7 Å². The minimum atomic E-state index is -0.0266. The number of fused-ring (bicyclic) bond motifs is 1. The van der Waals surface area contributed by atoms with E-state index in [9.17, 15) is 4.79 Å². The third-order valence-electron chi connectivity index (χ3n) is 5.89. The minimum absolute atomic E-state index is 0.0266. The SMILES string of the molecule is CCOC1CC2(CCN(C(=O)c3n[nH]c4c3C[C@H](C)O[C@@H]4C)C2)C1. The molecule has 1 amide bonds.